The second kappa shape index (κ2) is 7.88. The fraction of sp³-hybridized carbons (Fsp3) is 0.0476. The fourth-order valence-corrected chi connectivity index (χ4v) is 3.58. The maximum absolute atomic E-state index is 13.1. The van der Waals surface area contributed by atoms with E-state index in [1.165, 1.54) is 35.9 Å². The van der Waals surface area contributed by atoms with Crippen LogP contribution in [0.25, 0.3) is 10.9 Å². The predicted molar refractivity (Wildman–Crippen MR) is 110 cm³/mol. The molecule has 0 fully saturated rings. The van der Waals surface area contributed by atoms with E-state index in [1.807, 2.05) is 0 Å². The first-order valence-electron chi connectivity index (χ1n) is 8.75. The Kier molecular flexibility index (Phi) is 5.11. The van der Waals surface area contributed by atoms with E-state index in [4.69, 9.17) is 0 Å². The Morgan fingerprint density at radius 3 is 2.50 bits per heavy atom. The number of benzene rings is 2. The third-order valence-electron chi connectivity index (χ3n) is 4.45. The molecule has 0 saturated heterocycles. The highest BCUT2D eigenvalue weighted by atomic mass is 32.1. The molecule has 0 unspecified atom stereocenters. The van der Waals surface area contributed by atoms with E-state index in [0.717, 1.165) is 11.6 Å². The standard InChI is InChI=1S/C21H14FN3O4S/c22-13-3-1-11(2-4-13)7-12-8-14-15(19(27)25-21-23-5-6-30-21)9-16(20(28)29)18(26)17(14)24-10-12/h1-6,8-10,26H,7H2,(H,28,29)(H,23,25,27). The van der Waals surface area contributed by atoms with Crippen LogP contribution in [0.3, 0.4) is 0 Å². The molecule has 0 saturated carbocycles. The van der Waals surface area contributed by atoms with Crippen LogP contribution < -0.4 is 5.32 Å². The third kappa shape index (κ3) is 3.83. The summed E-state index contributed by atoms with van der Waals surface area (Å²) in [5.74, 6) is -2.81. The molecular weight excluding hydrogens is 409 g/mol. The van der Waals surface area contributed by atoms with Crippen LogP contribution in [-0.4, -0.2) is 32.1 Å². The summed E-state index contributed by atoms with van der Waals surface area (Å²) >= 11 is 1.22. The first kappa shape index (κ1) is 19.5. The SMILES string of the molecule is O=C(O)c1cc(C(=O)Nc2nccs2)c2cc(Cc3ccc(F)cc3)cnc2c1O. The largest absolute Gasteiger partial charge is 0.505 e. The molecule has 2 aromatic carbocycles. The number of nitrogens with one attached hydrogen (secondary N) is 1. The van der Waals surface area contributed by atoms with Crippen LogP contribution in [0.2, 0.25) is 0 Å². The Bertz CT molecular complexity index is 1260. The minimum Gasteiger partial charge on any atom is -0.505 e. The lowest BCUT2D eigenvalue weighted by Crippen LogP contribution is -2.14. The third-order valence-corrected chi connectivity index (χ3v) is 5.14. The van der Waals surface area contributed by atoms with E-state index < -0.39 is 23.2 Å². The molecule has 2 aromatic heterocycles. The molecule has 30 heavy (non-hydrogen) atoms. The topological polar surface area (TPSA) is 112 Å². The van der Waals surface area contributed by atoms with Gasteiger partial charge in [0.15, 0.2) is 10.9 Å². The summed E-state index contributed by atoms with van der Waals surface area (Å²) in [4.78, 5) is 32.6. The number of anilines is 1. The number of aromatic hydroxyl groups is 1. The zero-order valence-corrected chi connectivity index (χ0v) is 16.1. The van der Waals surface area contributed by atoms with E-state index in [1.54, 1.807) is 23.6 Å². The van der Waals surface area contributed by atoms with Gasteiger partial charge in [-0.2, -0.15) is 0 Å². The molecule has 0 aliphatic rings. The predicted octanol–water partition coefficient (Wildman–Crippen LogP) is 4.08. The monoisotopic (exact) mass is 423 g/mol. The molecular formula is C21H14FN3O4S. The van der Waals surface area contributed by atoms with Gasteiger partial charge in [-0.05, 0) is 41.8 Å². The zero-order chi connectivity index (χ0) is 21.3. The fourth-order valence-electron chi connectivity index (χ4n) is 3.06. The molecule has 0 aliphatic heterocycles. The number of aromatic nitrogens is 2. The molecule has 2 heterocycles. The summed E-state index contributed by atoms with van der Waals surface area (Å²) in [7, 11) is 0. The highest BCUT2D eigenvalue weighted by Crippen LogP contribution is 2.32. The molecule has 0 atom stereocenters. The van der Waals surface area contributed by atoms with Crippen LogP contribution in [0.4, 0.5) is 9.52 Å². The van der Waals surface area contributed by atoms with Crippen molar-refractivity contribution < 1.29 is 24.2 Å². The minimum absolute atomic E-state index is 0.00189. The summed E-state index contributed by atoms with van der Waals surface area (Å²) in [5, 5.41) is 24.7. The van der Waals surface area contributed by atoms with Crippen LogP contribution in [-0.2, 0) is 6.42 Å². The van der Waals surface area contributed by atoms with Crippen molar-refractivity contribution in [2.24, 2.45) is 0 Å². The van der Waals surface area contributed by atoms with Gasteiger partial charge < -0.3 is 10.2 Å². The molecule has 0 spiro atoms. The van der Waals surface area contributed by atoms with Gasteiger partial charge in [0, 0.05) is 23.2 Å². The quantitative estimate of drug-likeness (QED) is 0.446. The van der Waals surface area contributed by atoms with Gasteiger partial charge in [-0.15, -0.1) is 11.3 Å². The summed E-state index contributed by atoms with van der Waals surface area (Å²) in [5.41, 5.74) is 1.16. The molecule has 150 valence electrons. The van der Waals surface area contributed by atoms with Crippen molar-refractivity contribution in [3.63, 3.8) is 0 Å². The highest BCUT2D eigenvalue weighted by molar-refractivity contribution is 7.13. The van der Waals surface area contributed by atoms with Crippen LogP contribution >= 0.6 is 11.3 Å². The molecule has 0 bridgehead atoms. The van der Waals surface area contributed by atoms with Crippen LogP contribution in [0.5, 0.6) is 5.75 Å². The number of carboxylic acid groups (broad SMARTS) is 1. The van der Waals surface area contributed by atoms with Crippen molar-refractivity contribution in [3.8, 4) is 5.75 Å². The molecule has 7 nitrogen and oxygen atoms in total. The number of carbonyl (C=O) groups is 2. The van der Waals surface area contributed by atoms with Crippen molar-refractivity contribution >= 4 is 39.2 Å². The molecule has 4 aromatic rings. The van der Waals surface area contributed by atoms with Crippen molar-refractivity contribution in [3.05, 3.63) is 82.2 Å². The average Bonchev–Trinajstić information content (AvgIpc) is 3.22. The summed E-state index contributed by atoms with van der Waals surface area (Å²) in [6.07, 6.45) is 3.43. The number of nitrogens with zero attached hydrogens (tertiary/aromatic N) is 2. The Hall–Kier alpha value is -3.85. The maximum atomic E-state index is 13.1. The Morgan fingerprint density at radius 2 is 1.83 bits per heavy atom. The van der Waals surface area contributed by atoms with E-state index in [9.17, 15) is 24.2 Å². The van der Waals surface area contributed by atoms with Crippen LogP contribution in [0, 0.1) is 5.82 Å². The molecule has 0 radical (unpaired) electrons. The Balaban J connectivity index is 1.81. The van der Waals surface area contributed by atoms with Crippen molar-refractivity contribution in [1.82, 2.24) is 9.97 Å². The second-order valence-corrected chi connectivity index (χ2v) is 7.35. The molecule has 3 N–H and O–H groups in total. The Morgan fingerprint density at radius 1 is 1.07 bits per heavy atom. The lowest BCUT2D eigenvalue weighted by atomic mass is 9.99. The smallest absolute Gasteiger partial charge is 0.339 e. The number of rotatable bonds is 5. The number of pyridine rings is 1. The minimum atomic E-state index is -1.38. The van der Waals surface area contributed by atoms with E-state index >= 15 is 0 Å². The zero-order valence-electron chi connectivity index (χ0n) is 15.3. The Labute approximate surface area is 173 Å². The average molecular weight is 423 g/mol. The first-order valence-corrected chi connectivity index (χ1v) is 9.63. The molecule has 1 amide bonds. The van der Waals surface area contributed by atoms with Crippen molar-refractivity contribution in [2.45, 2.75) is 6.42 Å². The lowest BCUT2D eigenvalue weighted by Gasteiger charge is -2.12. The van der Waals surface area contributed by atoms with Gasteiger partial charge in [0.1, 0.15) is 16.9 Å². The number of aromatic carboxylic acids is 1. The number of hydrogen-bond donors (Lipinski definition) is 3. The number of fused-ring (bicyclic) bond motifs is 1. The van der Waals surface area contributed by atoms with Gasteiger partial charge in [-0.3, -0.25) is 15.1 Å². The van der Waals surface area contributed by atoms with Gasteiger partial charge in [0.2, 0.25) is 0 Å². The van der Waals surface area contributed by atoms with Gasteiger partial charge in [-0.25, -0.2) is 14.2 Å². The number of carbonyl (C=O) groups excluding carboxylic acids is 1. The molecule has 4 rings (SSSR count). The second-order valence-electron chi connectivity index (χ2n) is 6.46. The van der Waals surface area contributed by atoms with Crippen LogP contribution in [0.1, 0.15) is 31.8 Å². The van der Waals surface area contributed by atoms with Gasteiger partial charge >= 0.3 is 5.97 Å². The number of hydrogen-bond acceptors (Lipinski definition) is 6. The van der Waals surface area contributed by atoms with Gasteiger partial charge in [0.25, 0.3) is 5.91 Å². The molecule has 9 heteroatoms. The number of phenols is 1. The molecule has 0 aliphatic carbocycles. The van der Waals surface area contributed by atoms with E-state index in [0.29, 0.717) is 22.5 Å². The van der Waals surface area contributed by atoms with Gasteiger partial charge in [0.05, 0.1) is 5.56 Å². The highest BCUT2D eigenvalue weighted by Gasteiger charge is 2.22. The van der Waals surface area contributed by atoms with Crippen LogP contribution in [0.15, 0.2) is 54.2 Å². The number of thiazole rings is 1. The lowest BCUT2D eigenvalue weighted by molar-refractivity contribution is 0.0694. The van der Waals surface area contributed by atoms with Gasteiger partial charge in [-0.1, -0.05) is 12.1 Å². The summed E-state index contributed by atoms with van der Waals surface area (Å²) in [6.45, 7) is 0. The summed E-state index contributed by atoms with van der Waals surface area (Å²) in [6, 6.07) is 8.75. The normalized spacial score (nSPS) is 10.8. The van der Waals surface area contributed by atoms with Crippen molar-refractivity contribution in [1.29, 1.82) is 0 Å². The maximum Gasteiger partial charge on any atom is 0.339 e. The van der Waals surface area contributed by atoms with Crippen molar-refractivity contribution in [2.75, 3.05) is 5.32 Å². The van der Waals surface area contributed by atoms with E-state index in [2.05, 4.69) is 15.3 Å². The summed E-state index contributed by atoms with van der Waals surface area (Å²) < 4.78 is 13.1. The number of halogens is 1. The first-order chi connectivity index (χ1) is 14.4. The van der Waals surface area contributed by atoms with E-state index in [-0.39, 0.29) is 16.9 Å². The number of amides is 1. The number of carboxylic acids is 1.